The zero-order valence-corrected chi connectivity index (χ0v) is 14.7. The van der Waals surface area contributed by atoms with Gasteiger partial charge in [-0.25, -0.2) is 8.42 Å². The molecule has 0 aliphatic rings. The summed E-state index contributed by atoms with van der Waals surface area (Å²) >= 11 is 3.27. The summed E-state index contributed by atoms with van der Waals surface area (Å²) in [6.07, 6.45) is 0.580. The first kappa shape index (κ1) is 18.1. The molecule has 0 unspecified atom stereocenters. The number of benzene rings is 1. The maximum Gasteiger partial charge on any atom is 0.222 e. The van der Waals surface area contributed by atoms with Gasteiger partial charge < -0.3 is 10.2 Å². The number of amides is 1. The third-order valence-corrected chi connectivity index (χ3v) is 5.44. The first-order valence-electron chi connectivity index (χ1n) is 6.73. The van der Waals surface area contributed by atoms with Crippen molar-refractivity contribution in [2.75, 3.05) is 32.9 Å². The van der Waals surface area contributed by atoms with Crippen LogP contribution < -0.4 is 5.32 Å². The molecular formula is C14H21BrN2O3S. The lowest BCUT2D eigenvalue weighted by atomic mass is 10.3. The molecule has 1 aromatic carbocycles. The van der Waals surface area contributed by atoms with Crippen LogP contribution in [0.5, 0.6) is 0 Å². The summed E-state index contributed by atoms with van der Waals surface area (Å²) in [5.41, 5.74) is 0. The van der Waals surface area contributed by atoms with E-state index in [-0.39, 0.29) is 18.1 Å². The van der Waals surface area contributed by atoms with E-state index in [0.29, 0.717) is 17.9 Å². The fourth-order valence-electron chi connectivity index (χ4n) is 1.77. The Morgan fingerprint density at radius 3 is 2.48 bits per heavy atom. The van der Waals surface area contributed by atoms with Gasteiger partial charge in [0.1, 0.15) is 0 Å². The minimum absolute atomic E-state index is 0.0137. The van der Waals surface area contributed by atoms with Crippen molar-refractivity contribution < 1.29 is 13.2 Å². The zero-order chi connectivity index (χ0) is 15.9. The van der Waals surface area contributed by atoms with Gasteiger partial charge in [0.05, 0.1) is 10.6 Å². The third-order valence-electron chi connectivity index (χ3n) is 3.10. The third kappa shape index (κ3) is 6.15. The second-order valence-corrected chi connectivity index (χ2v) is 7.82. The minimum atomic E-state index is -3.32. The van der Waals surface area contributed by atoms with E-state index >= 15 is 0 Å². The zero-order valence-electron chi connectivity index (χ0n) is 12.3. The van der Waals surface area contributed by atoms with E-state index in [0.717, 1.165) is 11.0 Å². The second kappa shape index (κ2) is 8.51. The molecule has 1 rings (SSSR count). The fourth-order valence-corrected chi connectivity index (χ4v) is 3.34. The van der Waals surface area contributed by atoms with Crippen molar-refractivity contribution in [3.63, 3.8) is 0 Å². The Morgan fingerprint density at radius 1 is 1.29 bits per heavy atom. The average molecular weight is 377 g/mol. The SMILES string of the molecule is CNCCN(C)C(=O)CCCS(=O)(=O)c1ccc(Br)cc1. The Bertz CT molecular complexity index is 558. The number of carbonyl (C=O) groups is 1. The summed E-state index contributed by atoms with van der Waals surface area (Å²) in [6.45, 7) is 1.34. The van der Waals surface area contributed by atoms with Gasteiger partial charge >= 0.3 is 0 Å². The summed E-state index contributed by atoms with van der Waals surface area (Å²) in [4.78, 5) is 13.7. The average Bonchev–Trinajstić information content (AvgIpc) is 2.44. The first-order valence-corrected chi connectivity index (χ1v) is 9.18. The van der Waals surface area contributed by atoms with Crippen molar-refractivity contribution in [3.8, 4) is 0 Å². The molecule has 0 aliphatic carbocycles. The number of rotatable bonds is 8. The number of carbonyl (C=O) groups excluding carboxylic acids is 1. The quantitative estimate of drug-likeness (QED) is 0.749. The van der Waals surface area contributed by atoms with Gasteiger partial charge in [-0.3, -0.25) is 4.79 Å². The van der Waals surface area contributed by atoms with Crippen LogP contribution in [0.4, 0.5) is 0 Å². The van der Waals surface area contributed by atoms with Crippen LogP contribution in [0.2, 0.25) is 0 Å². The van der Waals surface area contributed by atoms with Crippen molar-refractivity contribution in [2.24, 2.45) is 0 Å². The van der Waals surface area contributed by atoms with Gasteiger partial charge in [-0.15, -0.1) is 0 Å². The van der Waals surface area contributed by atoms with Gasteiger partial charge in [-0.1, -0.05) is 15.9 Å². The number of nitrogens with one attached hydrogen (secondary N) is 1. The molecule has 21 heavy (non-hydrogen) atoms. The van der Waals surface area contributed by atoms with Gasteiger partial charge in [0, 0.05) is 31.0 Å². The molecule has 5 nitrogen and oxygen atoms in total. The van der Waals surface area contributed by atoms with Gasteiger partial charge in [0.15, 0.2) is 9.84 Å². The molecule has 0 radical (unpaired) electrons. The van der Waals surface area contributed by atoms with E-state index < -0.39 is 9.84 Å². The number of hydrogen-bond acceptors (Lipinski definition) is 4. The smallest absolute Gasteiger partial charge is 0.222 e. The lowest BCUT2D eigenvalue weighted by Crippen LogP contribution is -2.32. The maximum absolute atomic E-state index is 12.1. The molecule has 7 heteroatoms. The fraction of sp³-hybridized carbons (Fsp3) is 0.500. The van der Waals surface area contributed by atoms with Crippen LogP contribution in [0.25, 0.3) is 0 Å². The number of sulfone groups is 1. The van der Waals surface area contributed by atoms with Crippen LogP contribution in [-0.2, 0) is 14.6 Å². The first-order chi connectivity index (χ1) is 9.86. The number of likely N-dealkylation sites (N-methyl/N-ethyl adjacent to an activating group) is 2. The largest absolute Gasteiger partial charge is 0.344 e. The summed E-state index contributed by atoms with van der Waals surface area (Å²) in [5, 5.41) is 2.97. The topological polar surface area (TPSA) is 66.5 Å². The Balaban J connectivity index is 2.47. The summed E-state index contributed by atoms with van der Waals surface area (Å²) in [7, 11) is 0.228. The van der Waals surface area contributed by atoms with Crippen LogP contribution in [0.15, 0.2) is 33.6 Å². The van der Waals surface area contributed by atoms with Crippen LogP contribution in [-0.4, -0.2) is 52.2 Å². The molecular weight excluding hydrogens is 356 g/mol. The molecule has 0 atom stereocenters. The number of nitrogens with zero attached hydrogens (tertiary/aromatic N) is 1. The molecule has 0 saturated heterocycles. The lowest BCUT2D eigenvalue weighted by Gasteiger charge is -2.16. The molecule has 1 aromatic rings. The monoisotopic (exact) mass is 376 g/mol. The van der Waals surface area contributed by atoms with E-state index in [1.54, 1.807) is 36.2 Å². The molecule has 1 amide bonds. The molecule has 1 N–H and O–H groups in total. The molecule has 0 aromatic heterocycles. The molecule has 0 bridgehead atoms. The number of hydrogen-bond donors (Lipinski definition) is 1. The Kier molecular flexibility index (Phi) is 7.34. The summed E-state index contributed by atoms with van der Waals surface area (Å²) in [5.74, 6) is -0.0449. The molecule has 0 saturated carbocycles. The molecule has 0 spiro atoms. The van der Waals surface area contributed by atoms with E-state index in [1.165, 1.54) is 0 Å². The Labute approximate surface area is 134 Å². The number of halogens is 1. The highest BCUT2D eigenvalue weighted by Crippen LogP contribution is 2.17. The van der Waals surface area contributed by atoms with Gasteiger partial charge in [0.25, 0.3) is 0 Å². The van der Waals surface area contributed by atoms with Crippen molar-refractivity contribution in [1.29, 1.82) is 0 Å². The predicted molar refractivity (Wildman–Crippen MR) is 87.0 cm³/mol. The Morgan fingerprint density at radius 2 is 1.90 bits per heavy atom. The van der Waals surface area contributed by atoms with E-state index in [9.17, 15) is 13.2 Å². The standard InChI is InChI=1S/C14H21BrN2O3S/c1-16-9-10-17(2)14(18)4-3-11-21(19,20)13-7-5-12(15)6-8-13/h5-8,16H,3-4,9-11H2,1-2H3. The normalized spacial score (nSPS) is 11.4. The van der Waals surface area contributed by atoms with E-state index in [1.807, 2.05) is 7.05 Å². The van der Waals surface area contributed by atoms with E-state index in [4.69, 9.17) is 0 Å². The van der Waals surface area contributed by atoms with Crippen LogP contribution >= 0.6 is 15.9 Å². The molecule has 0 aliphatic heterocycles. The van der Waals surface area contributed by atoms with Crippen molar-refractivity contribution in [3.05, 3.63) is 28.7 Å². The minimum Gasteiger partial charge on any atom is -0.344 e. The lowest BCUT2D eigenvalue weighted by molar-refractivity contribution is -0.129. The Hall–Kier alpha value is -0.920. The van der Waals surface area contributed by atoms with Gasteiger partial charge in [-0.2, -0.15) is 0 Å². The van der Waals surface area contributed by atoms with Crippen LogP contribution in [0.1, 0.15) is 12.8 Å². The maximum atomic E-state index is 12.1. The van der Waals surface area contributed by atoms with Crippen molar-refractivity contribution in [2.45, 2.75) is 17.7 Å². The van der Waals surface area contributed by atoms with Crippen LogP contribution in [0.3, 0.4) is 0 Å². The predicted octanol–water partition coefficient (Wildman–Crippen LogP) is 1.68. The van der Waals surface area contributed by atoms with E-state index in [2.05, 4.69) is 21.2 Å². The highest BCUT2D eigenvalue weighted by Gasteiger charge is 2.16. The van der Waals surface area contributed by atoms with Gasteiger partial charge in [0.2, 0.25) is 5.91 Å². The molecule has 0 fully saturated rings. The summed E-state index contributed by atoms with van der Waals surface area (Å²) < 4.78 is 25.1. The molecule has 118 valence electrons. The van der Waals surface area contributed by atoms with Gasteiger partial charge in [-0.05, 0) is 37.7 Å². The molecule has 0 heterocycles. The summed E-state index contributed by atoms with van der Waals surface area (Å²) in [6, 6.07) is 6.54. The highest BCUT2D eigenvalue weighted by molar-refractivity contribution is 9.10. The van der Waals surface area contributed by atoms with Crippen molar-refractivity contribution in [1.82, 2.24) is 10.2 Å². The highest BCUT2D eigenvalue weighted by atomic mass is 79.9. The van der Waals surface area contributed by atoms with Crippen molar-refractivity contribution >= 4 is 31.7 Å². The second-order valence-electron chi connectivity index (χ2n) is 4.80. The van der Waals surface area contributed by atoms with Crippen LogP contribution in [0, 0.1) is 0 Å².